The lowest BCUT2D eigenvalue weighted by molar-refractivity contribution is -0.141. The molecule has 1 aliphatic carbocycles. The molecule has 1 saturated heterocycles. The molecular weight excluding hydrogens is 294 g/mol. The van der Waals surface area contributed by atoms with Gasteiger partial charge in [0.2, 0.25) is 0 Å². The largest absolute Gasteiger partial charge is 0.480 e. The molecule has 2 heterocycles. The third-order valence-electron chi connectivity index (χ3n) is 5.28. The molecule has 2 aliphatic rings. The quantitative estimate of drug-likeness (QED) is 0.891. The van der Waals surface area contributed by atoms with Crippen LogP contribution >= 0.6 is 0 Å². The maximum absolute atomic E-state index is 13.1. The lowest BCUT2D eigenvalue weighted by atomic mass is 9.84. The highest BCUT2D eigenvalue weighted by atomic mass is 16.4. The van der Waals surface area contributed by atoms with Crippen molar-refractivity contribution in [3.63, 3.8) is 0 Å². The molecule has 0 spiro atoms. The van der Waals surface area contributed by atoms with E-state index in [0.717, 1.165) is 36.6 Å². The first-order chi connectivity index (χ1) is 11.2. The van der Waals surface area contributed by atoms with Gasteiger partial charge in [0.15, 0.2) is 5.69 Å². The van der Waals surface area contributed by atoms with E-state index in [1.165, 1.54) is 0 Å². The van der Waals surface area contributed by atoms with Crippen LogP contribution in [0.5, 0.6) is 0 Å². The topological polar surface area (TPSA) is 86.3 Å². The van der Waals surface area contributed by atoms with E-state index in [9.17, 15) is 14.7 Å². The van der Waals surface area contributed by atoms with Gasteiger partial charge in [-0.1, -0.05) is 31.0 Å². The summed E-state index contributed by atoms with van der Waals surface area (Å²) in [5.74, 6) is -0.865. The van der Waals surface area contributed by atoms with Crippen molar-refractivity contribution in [2.45, 2.75) is 44.2 Å². The molecule has 0 unspecified atom stereocenters. The molecule has 120 valence electrons. The predicted molar refractivity (Wildman–Crippen MR) is 84.1 cm³/mol. The fourth-order valence-corrected chi connectivity index (χ4v) is 4.22. The summed E-state index contributed by atoms with van der Waals surface area (Å²) in [5, 5.41) is 17.3. The molecule has 0 radical (unpaired) electrons. The number of rotatable bonds is 2. The minimum atomic E-state index is -0.910. The summed E-state index contributed by atoms with van der Waals surface area (Å²) in [6.07, 6.45) is 4.65. The highest BCUT2D eigenvalue weighted by molar-refractivity contribution is 6.06. The average molecular weight is 313 g/mol. The van der Waals surface area contributed by atoms with Crippen molar-refractivity contribution in [2.75, 3.05) is 0 Å². The van der Waals surface area contributed by atoms with E-state index in [1.54, 1.807) is 4.90 Å². The van der Waals surface area contributed by atoms with Gasteiger partial charge in [-0.25, -0.2) is 4.79 Å². The van der Waals surface area contributed by atoms with E-state index in [0.29, 0.717) is 18.0 Å². The third kappa shape index (κ3) is 2.20. The highest BCUT2D eigenvalue weighted by Gasteiger charge is 2.48. The van der Waals surface area contributed by atoms with Crippen LogP contribution in [0.4, 0.5) is 0 Å². The van der Waals surface area contributed by atoms with Crippen molar-refractivity contribution < 1.29 is 14.7 Å². The van der Waals surface area contributed by atoms with Crippen molar-refractivity contribution in [3.8, 4) is 0 Å². The first-order valence-electron chi connectivity index (χ1n) is 8.15. The molecular formula is C17H19N3O3. The number of fused-ring (bicyclic) bond motifs is 2. The molecule has 1 amide bonds. The summed E-state index contributed by atoms with van der Waals surface area (Å²) in [6, 6.07) is 6.74. The number of aromatic amines is 1. The highest BCUT2D eigenvalue weighted by Crippen LogP contribution is 2.40. The summed E-state index contributed by atoms with van der Waals surface area (Å²) in [7, 11) is 0. The van der Waals surface area contributed by atoms with Gasteiger partial charge in [-0.15, -0.1) is 0 Å². The second-order valence-electron chi connectivity index (χ2n) is 6.53. The number of hydrogen-bond donors (Lipinski definition) is 2. The SMILES string of the molecule is O=C(O)[C@@H]1C[C@H]2CCCC[C@H]2N1C(=O)c1n[nH]c2ccccc12. The Morgan fingerprint density at radius 1 is 1.22 bits per heavy atom. The molecule has 2 fully saturated rings. The van der Waals surface area contributed by atoms with Gasteiger partial charge in [0.25, 0.3) is 5.91 Å². The molecule has 23 heavy (non-hydrogen) atoms. The zero-order chi connectivity index (χ0) is 16.0. The molecule has 4 rings (SSSR count). The normalized spacial score (nSPS) is 27.1. The number of para-hydroxylation sites is 1. The number of aliphatic carboxylic acids is 1. The van der Waals surface area contributed by atoms with Crippen LogP contribution in [0, 0.1) is 5.92 Å². The van der Waals surface area contributed by atoms with Crippen molar-refractivity contribution in [3.05, 3.63) is 30.0 Å². The Morgan fingerprint density at radius 3 is 2.83 bits per heavy atom. The van der Waals surface area contributed by atoms with E-state index < -0.39 is 12.0 Å². The van der Waals surface area contributed by atoms with Gasteiger partial charge in [-0.05, 0) is 31.2 Å². The Kier molecular flexibility index (Phi) is 3.32. The number of benzene rings is 1. The molecule has 2 N–H and O–H groups in total. The van der Waals surface area contributed by atoms with Crippen molar-refractivity contribution >= 4 is 22.8 Å². The molecule has 2 aromatic rings. The molecule has 6 heteroatoms. The Hall–Kier alpha value is -2.37. The second kappa shape index (κ2) is 5.37. The van der Waals surface area contributed by atoms with Crippen molar-refractivity contribution in [1.29, 1.82) is 0 Å². The van der Waals surface area contributed by atoms with Gasteiger partial charge in [0, 0.05) is 11.4 Å². The Labute approximate surface area is 133 Å². The molecule has 1 aliphatic heterocycles. The van der Waals surface area contributed by atoms with Crippen molar-refractivity contribution in [2.24, 2.45) is 5.92 Å². The van der Waals surface area contributed by atoms with Crippen LogP contribution in [0.15, 0.2) is 24.3 Å². The van der Waals surface area contributed by atoms with Crippen LogP contribution in [0.25, 0.3) is 10.9 Å². The fraction of sp³-hybridized carbons (Fsp3) is 0.471. The first kappa shape index (κ1) is 14.2. The molecule has 1 saturated carbocycles. The van der Waals surface area contributed by atoms with E-state index in [4.69, 9.17) is 0 Å². The number of carbonyl (C=O) groups excluding carboxylic acids is 1. The monoisotopic (exact) mass is 313 g/mol. The minimum absolute atomic E-state index is 0.0350. The number of nitrogens with one attached hydrogen (secondary N) is 1. The summed E-state index contributed by atoms with van der Waals surface area (Å²) >= 11 is 0. The van der Waals surface area contributed by atoms with Gasteiger partial charge in [0.05, 0.1) is 5.52 Å². The van der Waals surface area contributed by atoms with E-state index in [2.05, 4.69) is 10.2 Å². The van der Waals surface area contributed by atoms with Crippen LogP contribution in [0.2, 0.25) is 0 Å². The first-order valence-corrected chi connectivity index (χ1v) is 8.15. The minimum Gasteiger partial charge on any atom is -0.480 e. The van der Waals surface area contributed by atoms with Crippen LogP contribution < -0.4 is 0 Å². The van der Waals surface area contributed by atoms with E-state index in [1.807, 2.05) is 24.3 Å². The summed E-state index contributed by atoms with van der Waals surface area (Å²) < 4.78 is 0. The average Bonchev–Trinajstić information content (AvgIpc) is 3.16. The Balaban J connectivity index is 1.74. The lowest BCUT2D eigenvalue weighted by Gasteiger charge is -2.32. The maximum Gasteiger partial charge on any atom is 0.326 e. The zero-order valence-corrected chi connectivity index (χ0v) is 12.7. The molecule has 6 nitrogen and oxygen atoms in total. The number of carboxylic acids is 1. The van der Waals surface area contributed by atoms with Crippen LogP contribution in [-0.2, 0) is 4.79 Å². The van der Waals surface area contributed by atoms with Gasteiger partial charge in [-0.2, -0.15) is 5.10 Å². The van der Waals surface area contributed by atoms with Crippen molar-refractivity contribution in [1.82, 2.24) is 15.1 Å². The number of aromatic nitrogens is 2. The van der Waals surface area contributed by atoms with Gasteiger partial charge in [-0.3, -0.25) is 9.89 Å². The van der Waals surface area contributed by atoms with Gasteiger partial charge < -0.3 is 10.0 Å². The van der Waals surface area contributed by atoms with Gasteiger partial charge in [0.1, 0.15) is 6.04 Å². The summed E-state index contributed by atoms with van der Waals surface area (Å²) in [5.41, 5.74) is 1.13. The number of amides is 1. The summed E-state index contributed by atoms with van der Waals surface area (Å²) in [4.78, 5) is 26.3. The smallest absolute Gasteiger partial charge is 0.326 e. The maximum atomic E-state index is 13.1. The number of carboxylic acid groups (broad SMARTS) is 1. The van der Waals surface area contributed by atoms with E-state index >= 15 is 0 Å². The summed E-state index contributed by atoms with van der Waals surface area (Å²) in [6.45, 7) is 0. The predicted octanol–water partition coefficient (Wildman–Crippen LogP) is 2.42. The molecule has 0 bridgehead atoms. The Morgan fingerprint density at radius 2 is 2.00 bits per heavy atom. The number of carbonyl (C=O) groups is 2. The zero-order valence-electron chi connectivity index (χ0n) is 12.7. The number of H-pyrrole nitrogens is 1. The van der Waals surface area contributed by atoms with E-state index in [-0.39, 0.29) is 11.9 Å². The number of hydrogen-bond acceptors (Lipinski definition) is 3. The number of likely N-dealkylation sites (tertiary alicyclic amines) is 1. The Bertz CT molecular complexity index is 769. The number of nitrogens with zero attached hydrogens (tertiary/aromatic N) is 2. The van der Waals surface area contributed by atoms with Crippen LogP contribution in [-0.4, -0.2) is 44.2 Å². The molecule has 1 aromatic heterocycles. The van der Waals surface area contributed by atoms with Crippen LogP contribution in [0.3, 0.4) is 0 Å². The molecule has 1 aromatic carbocycles. The third-order valence-corrected chi connectivity index (χ3v) is 5.28. The standard InChI is InChI=1S/C17H19N3O3/c21-16(15-11-6-2-3-7-12(11)18-19-15)20-13-8-4-1-5-10(13)9-14(20)17(22)23/h2-3,6-7,10,13-14H,1,4-5,8-9H2,(H,18,19)(H,22,23)/t10-,13-,14+/m1/s1. The van der Waals surface area contributed by atoms with Crippen LogP contribution in [0.1, 0.15) is 42.6 Å². The lowest BCUT2D eigenvalue weighted by Crippen LogP contribution is -2.46. The van der Waals surface area contributed by atoms with Gasteiger partial charge >= 0.3 is 5.97 Å². The second-order valence-corrected chi connectivity index (χ2v) is 6.53. The fourth-order valence-electron chi connectivity index (χ4n) is 4.22. The molecule has 3 atom stereocenters.